The van der Waals surface area contributed by atoms with E-state index in [1.807, 2.05) is 24.3 Å². The maximum absolute atomic E-state index is 13.1. The standard InChI is InChI=1S/C24H22ClFN2O/c25-20-7-10-24(29-16-17-5-8-21(26)9-6-17)19(13-20)14-27-12-11-18-15-28-23-4-2-1-3-22(18)23/h1-10,13,15,27-28H,11-12,14,16H2. The maximum Gasteiger partial charge on any atom is 0.124 e. The van der Waals surface area contributed by atoms with Gasteiger partial charge >= 0.3 is 0 Å². The number of H-pyrrole nitrogens is 1. The molecule has 2 N–H and O–H groups in total. The predicted octanol–water partition coefficient (Wildman–Crippen LogP) is 5.87. The molecule has 4 aromatic rings. The lowest BCUT2D eigenvalue weighted by Crippen LogP contribution is -2.17. The Bertz CT molecular complexity index is 1090. The fraction of sp³-hybridized carbons (Fsp3) is 0.167. The molecule has 0 unspecified atom stereocenters. The molecule has 3 nitrogen and oxygen atoms in total. The summed E-state index contributed by atoms with van der Waals surface area (Å²) in [6.45, 7) is 1.87. The molecule has 0 amide bonds. The Morgan fingerprint density at radius 2 is 1.79 bits per heavy atom. The van der Waals surface area contributed by atoms with Crippen LogP contribution in [0.5, 0.6) is 5.75 Å². The second-order valence-electron chi connectivity index (χ2n) is 6.95. The van der Waals surface area contributed by atoms with Crippen molar-refractivity contribution in [2.24, 2.45) is 0 Å². The number of aromatic nitrogens is 1. The van der Waals surface area contributed by atoms with Gasteiger partial charge in [-0.2, -0.15) is 0 Å². The fourth-order valence-electron chi connectivity index (χ4n) is 3.35. The maximum atomic E-state index is 13.1. The minimum atomic E-state index is -0.250. The smallest absolute Gasteiger partial charge is 0.124 e. The van der Waals surface area contributed by atoms with Crippen molar-refractivity contribution in [2.75, 3.05) is 6.54 Å². The van der Waals surface area contributed by atoms with E-state index in [0.717, 1.165) is 35.4 Å². The number of ether oxygens (including phenoxy) is 1. The van der Waals surface area contributed by atoms with Crippen LogP contribution in [0.2, 0.25) is 5.02 Å². The highest BCUT2D eigenvalue weighted by Gasteiger charge is 2.07. The highest BCUT2D eigenvalue weighted by molar-refractivity contribution is 6.30. The van der Waals surface area contributed by atoms with Gasteiger partial charge in [0, 0.05) is 34.2 Å². The SMILES string of the molecule is Fc1ccc(COc2ccc(Cl)cc2CNCCc2c[nH]c3ccccc23)cc1. The number of fused-ring (bicyclic) bond motifs is 1. The van der Waals surface area contributed by atoms with Gasteiger partial charge in [-0.05, 0) is 60.5 Å². The van der Waals surface area contributed by atoms with E-state index in [1.54, 1.807) is 12.1 Å². The number of aromatic amines is 1. The number of para-hydroxylation sites is 1. The van der Waals surface area contributed by atoms with Crippen LogP contribution in [0.25, 0.3) is 10.9 Å². The van der Waals surface area contributed by atoms with E-state index in [0.29, 0.717) is 18.2 Å². The molecule has 0 saturated heterocycles. The zero-order chi connectivity index (χ0) is 20.1. The Labute approximate surface area is 174 Å². The summed E-state index contributed by atoms with van der Waals surface area (Å²) in [7, 11) is 0. The highest BCUT2D eigenvalue weighted by Crippen LogP contribution is 2.24. The zero-order valence-corrected chi connectivity index (χ0v) is 16.7. The molecular weight excluding hydrogens is 387 g/mol. The molecule has 0 spiro atoms. The Morgan fingerprint density at radius 3 is 2.66 bits per heavy atom. The molecule has 4 rings (SSSR count). The molecule has 0 atom stereocenters. The zero-order valence-electron chi connectivity index (χ0n) is 15.9. The molecule has 0 aliphatic heterocycles. The summed E-state index contributed by atoms with van der Waals surface area (Å²) in [5.74, 6) is 0.527. The van der Waals surface area contributed by atoms with Crippen LogP contribution in [0.15, 0.2) is 72.9 Å². The normalized spacial score (nSPS) is 11.1. The minimum Gasteiger partial charge on any atom is -0.489 e. The summed E-state index contributed by atoms with van der Waals surface area (Å²) in [5, 5.41) is 5.41. The van der Waals surface area contributed by atoms with Crippen molar-refractivity contribution in [1.82, 2.24) is 10.3 Å². The topological polar surface area (TPSA) is 37.0 Å². The largest absolute Gasteiger partial charge is 0.489 e. The van der Waals surface area contributed by atoms with Crippen molar-refractivity contribution in [1.29, 1.82) is 0 Å². The first kappa shape index (κ1) is 19.5. The van der Waals surface area contributed by atoms with E-state index in [4.69, 9.17) is 16.3 Å². The minimum absolute atomic E-state index is 0.250. The Kier molecular flexibility index (Phi) is 6.13. The number of hydrogen-bond acceptors (Lipinski definition) is 2. The van der Waals surface area contributed by atoms with E-state index < -0.39 is 0 Å². The lowest BCUT2D eigenvalue weighted by Gasteiger charge is -2.13. The van der Waals surface area contributed by atoms with Gasteiger partial charge < -0.3 is 15.0 Å². The summed E-state index contributed by atoms with van der Waals surface area (Å²) >= 11 is 6.18. The molecule has 29 heavy (non-hydrogen) atoms. The molecule has 1 heterocycles. The lowest BCUT2D eigenvalue weighted by atomic mass is 10.1. The van der Waals surface area contributed by atoms with Crippen molar-refractivity contribution in [3.05, 3.63) is 100 Å². The van der Waals surface area contributed by atoms with Gasteiger partial charge in [-0.1, -0.05) is 41.9 Å². The second kappa shape index (κ2) is 9.12. The van der Waals surface area contributed by atoms with E-state index in [9.17, 15) is 4.39 Å². The molecule has 0 aliphatic carbocycles. The molecule has 0 saturated carbocycles. The van der Waals surface area contributed by atoms with Gasteiger partial charge in [0.15, 0.2) is 0 Å². The monoisotopic (exact) mass is 408 g/mol. The summed E-state index contributed by atoms with van der Waals surface area (Å²) in [6, 6.07) is 20.3. The van der Waals surface area contributed by atoms with Gasteiger partial charge in [0.1, 0.15) is 18.2 Å². The molecule has 0 radical (unpaired) electrons. The lowest BCUT2D eigenvalue weighted by molar-refractivity contribution is 0.302. The van der Waals surface area contributed by atoms with Crippen molar-refractivity contribution >= 4 is 22.5 Å². The summed E-state index contributed by atoms with van der Waals surface area (Å²) < 4.78 is 19.0. The first-order chi connectivity index (χ1) is 14.2. The molecule has 5 heteroatoms. The van der Waals surface area contributed by atoms with Gasteiger partial charge in [0.05, 0.1) is 0 Å². The third-order valence-electron chi connectivity index (χ3n) is 4.89. The molecule has 3 aromatic carbocycles. The van der Waals surface area contributed by atoms with Crippen LogP contribution in [0.1, 0.15) is 16.7 Å². The third-order valence-corrected chi connectivity index (χ3v) is 5.13. The molecule has 1 aromatic heterocycles. The average Bonchev–Trinajstić information content (AvgIpc) is 3.15. The Morgan fingerprint density at radius 1 is 0.966 bits per heavy atom. The summed E-state index contributed by atoms with van der Waals surface area (Å²) in [4.78, 5) is 3.31. The first-order valence-corrected chi connectivity index (χ1v) is 9.98. The van der Waals surface area contributed by atoms with Crippen LogP contribution in [0, 0.1) is 5.82 Å². The van der Waals surface area contributed by atoms with E-state index in [-0.39, 0.29) is 5.82 Å². The number of halogens is 2. The number of nitrogens with one attached hydrogen (secondary N) is 2. The van der Waals surface area contributed by atoms with Crippen LogP contribution in [-0.2, 0) is 19.6 Å². The summed E-state index contributed by atoms with van der Waals surface area (Å²) in [5.41, 5.74) is 4.37. The number of rotatable bonds is 8. The molecule has 0 fully saturated rings. The molecule has 148 valence electrons. The fourth-order valence-corrected chi connectivity index (χ4v) is 3.55. The van der Waals surface area contributed by atoms with E-state index in [2.05, 4.69) is 34.7 Å². The van der Waals surface area contributed by atoms with Crippen LogP contribution in [0.3, 0.4) is 0 Å². The van der Waals surface area contributed by atoms with Crippen LogP contribution in [0.4, 0.5) is 4.39 Å². The third kappa shape index (κ3) is 4.97. The van der Waals surface area contributed by atoms with Crippen molar-refractivity contribution in [3.63, 3.8) is 0 Å². The van der Waals surface area contributed by atoms with Crippen LogP contribution < -0.4 is 10.1 Å². The second-order valence-corrected chi connectivity index (χ2v) is 7.39. The average molecular weight is 409 g/mol. The number of benzene rings is 3. The van der Waals surface area contributed by atoms with Crippen LogP contribution >= 0.6 is 11.6 Å². The quantitative estimate of drug-likeness (QED) is 0.358. The van der Waals surface area contributed by atoms with Crippen molar-refractivity contribution < 1.29 is 9.13 Å². The summed E-state index contributed by atoms with van der Waals surface area (Å²) in [6.07, 6.45) is 3.00. The van der Waals surface area contributed by atoms with Gasteiger partial charge in [-0.3, -0.25) is 0 Å². The van der Waals surface area contributed by atoms with Crippen molar-refractivity contribution in [3.8, 4) is 5.75 Å². The van der Waals surface area contributed by atoms with E-state index >= 15 is 0 Å². The molecular formula is C24H22ClFN2O. The Balaban J connectivity index is 1.35. The van der Waals surface area contributed by atoms with Gasteiger partial charge in [0.2, 0.25) is 0 Å². The molecule has 0 bridgehead atoms. The Hall–Kier alpha value is -2.82. The van der Waals surface area contributed by atoms with E-state index in [1.165, 1.54) is 23.1 Å². The van der Waals surface area contributed by atoms with Gasteiger partial charge in [0.25, 0.3) is 0 Å². The number of hydrogen-bond donors (Lipinski definition) is 2. The van der Waals surface area contributed by atoms with Gasteiger partial charge in [-0.25, -0.2) is 4.39 Å². The first-order valence-electron chi connectivity index (χ1n) is 9.60. The predicted molar refractivity (Wildman–Crippen MR) is 116 cm³/mol. The van der Waals surface area contributed by atoms with Crippen molar-refractivity contribution in [2.45, 2.75) is 19.6 Å². The van der Waals surface area contributed by atoms with Gasteiger partial charge in [-0.15, -0.1) is 0 Å². The highest BCUT2D eigenvalue weighted by atomic mass is 35.5. The molecule has 0 aliphatic rings. The van der Waals surface area contributed by atoms with Crippen LogP contribution in [-0.4, -0.2) is 11.5 Å².